The molecule has 0 saturated heterocycles. The number of Topliss-reactive ketones (excluding diaryl/α,β-unsaturated/α-hetero) is 1. The van der Waals surface area contributed by atoms with Crippen molar-refractivity contribution in [1.82, 2.24) is 0 Å². The van der Waals surface area contributed by atoms with Crippen LogP contribution in [0.4, 0.5) is 0 Å². The summed E-state index contributed by atoms with van der Waals surface area (Å²) in [5.74, 6) is 0.420. The van der Waals surface area contributed by atoms with E-state index < -0.39 is 7.12 Å². The maximum Gasteiger partial charge on any atom is 0.488 e. The van der Waals surface area contributed by atoms with Crippen LogP contribution in [0.2, 0.25) is 0 Å². The van der Waals surface area contributed by atoms with Gasteiger partial charge < -0.3 is 14.8 Å². The molecule has 0 radical (unpaired) electrons. The van der Waals surface area contributed by atoms with Crippen molar-refractivity contribution >= 4 is 18.4 Å². The Morgan fingerprint density at radius 3 is 2.47 bits per heavy atom. The van der Waals surface area contributed by atoms with Gasteiger partial charge in [0.1, 0.15) is 5.75 Å². The minimum absolute atomic E-state index is 0.0364. The lowest BCUT2D eigenvalue weighted by Crippen LogP contribution is -2.30. The Hall–Kier alpha value is -1.33. The zero-order valence-corrected chi connectivity index (χ0v) is 10.3. The summed E-state index contributed by atoms with van der Waals surface area (Å²) in [4.78, 5) is 11.6. The molecular weight excluding hydrogens is 219 g/mol. The second-order valence-corrected chi connectivity index (χ2v) is 4.11. The Kier molecular flexibility index (Phi) is 4.72. The monoisotopic (exact) mass is 236 g/mol. The number of carbonyl (C=O) groups excluding carboxylic acids is 1. The molecule has 0 atom stereocenters. The van der Waals surface area contributed by atoms with E-state index in [0.29, 0.717) is 17.7 Å². The number of rotatable bonds is 5. The van der Waals surface area contributed by atoms with Crippen LogP contribution >= 0.6 is 0 Å². The second-order valence-electron chi connectivity index (χ2n) is 4.11. The van der Waals surface area contributed by atoms with Gasteiger partial charge in [0.05, 0.1) is 6.10 Å². The summed E-state index contributed by atoms with van der Waals surface area (Å²) in [5, 5.41) is 18.3. The summed E-state index contributed by atoms with van der Waals surface area (Å²) >= 11 is 0. The Morgan fingerprint density at radius 1 is 1.35 bits per heavy atom. The van der Waals surface area contributed by atoms with E-state index in [9.17, 15) is 4.79 Å². The lowest BCUT2D eigenvalue weighted by molar-refractivity contribution is 0.0987. The molecule has 1 aromatic rings. The SMILES string of the molecule is CCC(=O)c1cc(OC(C)C)cc(B(O)O)c1. The fourth-order valence-corrected chi connectivity index (χ4v) is 1.48. The molecule has 2 N–H and O–H groups in total. The normalized spacial score (nSPS) is 10.5. The number of benzene rings is 1. The third-order valence-electron chi connectivity index (χ3n) is 2.24. The van der Waals surface area contributed by atoms with Gasteiger partial charge in [-0.1, -0.05) is 13.0 Å². The first kappa shape index (κ1) is 13.7. The van der Waals surface area contributed by atoms with Gasteiger partial charge in [-0.25, -0.2) is 0 Å². The standard InChI is InChI=1S/C12H17BO4/c1-4-12(14)9-5-10(13(15)16)7-11(6-9)17-8(2)3/h5-8,15-16H,4H2,1-3H3. The molecule has 4 nitrogen and oxygen atoms in total. The third kappa shape index (κ3) is 3.87. The summed E-state index contributed by atoms with van der Waals surface area (Å²) in [6.07, 6.45) is 0.331. The highest BCUT2D eigenvalue weighted by atomic mass is 16.5. The second kappa shape index (κ2) is 5.84. The smallest absolute Gasteiger partial charge is 0.488 e. The molecule has 1 rings (SSSR count). The highest BCUT2D eigenvalue weighted by molar-refractivity contribution is 6.58. The van der Waals surface area contributed by atoms with Gasteiger partial charge in [0.15, 0.2) is 5.78 Å². The van der Waals surface area contributed by atoms with Gasteiger partial charge in [0, 0.05) is 12.0 Å². The quantitative estimate of drug-likeness (QED) is 0.584. The van der Waals surface area contributed by atoms with Crippen LogP contribution in [0.25, 0.3) is 0 Å². The zero-order valence-electron chi connectivity index (χ0n) is 10.3. The van der Waals surface area contributed by atoms with Gasteiger partial charge in [-0.05, 0) is 31.4 Å². The van der Waals surface area contributed by atoms with Crippen LogP contribution in [0, 0.1) is 0 Å². The zero-order chi connectivity index (χ0) is 13.0. The van der Waals surface area contributed by atoms with E-state index >= 15 is 0 Å². The molecule has 0 heterocycles. The van der Waals surface area contributed by atoms with Crippen LogP contribution < -0.4 is 10.2 Å². The Labute approximate surface area is 101 Å². The van der Waals surface area contributed by atoms with E-state index in [1.165, 1.54) is 12.1 Å². The molecule has 5 heteroatoms. The molecule has 0 bridgehead atoms. The van der Waals surface area contributed by atoms with Gasteiger partial charge in [-0.2, -0.15) is 0 Å². The van der Waals surface area contributed by atoms with Gasteiger partial charge >= 0.3 is 7.12 Å². The van der Waals surface area contributed by atoms with E-state index in [-0.39, 0.29) is 17.4 Å². The Morgan fingerprint density at radius 2 is 2.00 bits per heavy atom. The van der Waals surface area contributed by atoms with Crippen molar-refractivity contribution in [2.75, 3.05) is 0 Å². The Bertz CT molecular complexity index is 401. The molecule has 1 aromatic carbocycles. The first-order valence-corrected chi connectivity index (χ1v) is 5.65. The van der Waals surface area contributed by atoms with Crippen molar-refractivity contribution in [1.29, 1.82) is 0 Å². The van der Waals surface area contributed by atoms with E-state index in [1.807, 2.05) is 13.8 Å². The van der Waals surface area contributed by atoms with Crippen LogP contribution in [0.3, 0.4) is 0 Å². The average Bonchev–Trinajstić information content (AvgIpc) is 2.26. The first-order chi connectivity index (χ1) is 7.93. The summed E-state index contributed by atoms with van der Waals surface area (Å²) in [7, 11) is -1.60. The van der Waals surface area contributed by atoms with E-state index in [4.69, 9.17) is 14.8 Å². The van der Waals surface area contributed by atoms with Crippen molar-refractivity contribution in [3.8, 4) is 5.75 Å². The predicted octanol–water partition coefficient (Wildman–Crippen LogP) is 0.746. The average molecular weight is 236 g/mol. The van der Waals surface area contributed by atoms with Crippen LogP contribution in [-0.4, -0.2) is 29.1 Å². The molecule has 0 aliphatic carbocycles. The summed E-state index contributed by atoms with van der Waals surface area (Å²) in [6, 6.07) is 4.62. The van der Waals surface area contributed by atoms with Crippen LogP contribution in [0.5, 0.6) is 5.75 Å². The fraction of sp³-hybridized carbons (Fsp3) is 0.417. The van der Waals surface area contributed by atoms with Gasteiger partial charge in [-0.3, -0.25) is 4.79 Å². The van der Waals surface area contributed by atoms with Crippen molar-refractivity contribution in [2.45, 2.75) is 33.3 Å². The highest BCUT2D eigenvalue weighted by Gasteiger charge is 2.16. The molecule has 0 amide bonds. The number of ether oxygens (including phenoxy) is 1. The maximum atomic E-state index is 11.6. The lowest BCUT2D eigenvalue weighted by Gasteiger charge is -2.12. The molecule has 17 heavy (non-hydrogen) atoms. The number of carbonyl (C=O) groups is 1. The van der Waals surface area contributed by atoms with Crippen molar-refractivity contribution < 1.29 is 19.6 Å². The van der Waals surface area contributed by atoms with Crippen LogP contribution in [-0.2, 0) is 0 Å². The maximum absolute atomic E-state index is 11.6. The topological polar surface area (TPSA) is 66.8 Å². The van der Waals surface area contributed by atoms with Crippen molar-refractivity contribution in [3.63, 3.8) is 0 Å². The number of hydrogen-bond donors (Lipinski definition) is 2. The molecular formula is C12H17BO4. The highest BCUT2D eigenvalue weighted by Crippen LogP contribution is 2.15. The fourth-order valence-electron chi connectivity index (χ4n) is 1.48. The summed E-state index contributed by atoms with van der Waals surface area (Å²) in [6.45, 7) is 5.49. The molecule has 0 fully saturated rings. The molecule has 0 saturated carbocycles. The summed E-state index contributed by atoms with van der Waals surface area (Å²) in [5.41, 5.74) is 0.703. The number of hydrogen-bond acceptors (Lipinski definition) is 4. The summed E-state index contributed by atoms with van der Waals surface area (Å²) < 4.78 is 5.47. The van der Waals surface area contributed by atoms with Gasteiger partial charge in [-0.15, -0.1) is 0 Å². The first-order valence-electron chi connectivity index (χ1n) is 5.65. The van der Waals surface area contributed by atoms with Crippen molar-refractivity contribution in [2.24, 2.45) is 0 Å². The molecule has 0 aliphatic heterocycles. The van der Waals surface area contributed by atoms with E-state index in [1.54, 1.807) is 13.0 Å². The Balaban J connectivity index is 3.14. The van der Waals surface area contributed by atoms with Crippen LogP contribution in [0.1, 0.15) is 37.6 Å². The molecule has 92 valence electrons. The van der Waals surface area contributed by atoms with E-state index in [0.717, 1.165) is 0 Å². The lowest BCUT2D eigenvalue weighted by atomic mass is 9.79. The molecule has 0 aromatic heterocycles. The van der Waals surface area contributed by atoms with Gasteiger partial charge in [0.25, 0.3) is 0 Å². The van der Waals surface area contributed by atoms with Crippen LogP contribution in [0.15, 0.2) is 18.2 Å². The van der Waals surface area contributed by atoms with E-state index in [2.05, 4.69) is 0 Å². The van der Waals surface area contributed by atoms with Gasteiger partial charge in [0.2, 0.25) is 0 Å². The van der Waals surface area contributed by atoms with Crippen molar-refractivity contribution in [3.05, 3.63) is 23.8 Å². The molecule has 0 aliphatic rings. The minimum Gasteiger partial charge on any atom is -0.491 e. The molecule has 0 spiro atoms. The molecule has 0 unspecified atom stereocenters. The minimum atomic E-state index is -1.60. The number of ketones is 1. The third-order valence-corrected chi connectivity index (χ3v) is 2.24. The largest absolute Gasteiger partial charge is 0.491 e. The predicted molar refractivity (Wildman–Crippen MR) is 66.7 cm³/mol.